The summed E-state index contributed by atoms with van der Waals surface area (Å²) in [5.41, 5.74) is 0.768. The maximum Gasteiger partial charge on any atom is 0.141 e. The summed E-state index contributed by atoms with van der Waals surface area (Å²) in [7, 11) is 0. The zero-order valence-electron chi connectivity index (χ0n) is 11.4. The SMILES string of the molecule is CCC(CC)CN(CC)c1ncc(F)cc1CCl. The first-order valence-corrected chi connectivity index (χ1v) is 7.14. The normalized spacial score (nSPS) is 11.0. The van der Waals surface area contributed by atoms with E-state index in [9.17, 15) is 4.39 Å². The van der Waals surface area contributed by atoms with Crippen molar-refractivity contribution in [2.75, 3.05) is 18.0 Å². The third-order valence-electron chi connectivity index (χ3n) is 3.37. The maximum atomic E-state index is 13.2. The fraction of sp³-hybridized carbons (Fsp3) is 0.643. The molecule has 1 aromatic rings. The molecular formula is C14H22ClFN2. The van der Waals surface area contributed by atoms with Crippen molar-refractivity contribution in [3.63, 3.8) is 0 Å². The molecule has 0 atom stereocenters. The molecule has 1 rings (SSSR count). The average Bonchev–Trinajstić information content (AvgIpc) is 2.41. The third-order valence-corrected chi connectivity index (χ3v) is 3.66. The smallest absolute Gasteiger partial charge is 0.141 e. The Morgan fingerprint density at radius 1 is 1.33 bits per heavy atom. The van der Waals surface area contributed by atoms with E-state index in [0.29, 0.717) is 11.8 Å². The molecule has 0 spiro atoms. The standard InChI is InChI=1S/C14H22ClFN2/c1-4-11(5-2)10-18(6-3)14-12(8-15)7-13(16)9-17-14/h7,9,11H,4-6,8,10H2,1-3H3. The zero-order valence-corrected chi connectivity index (χ0v) is 12.2. The van der Waals surface area contributed by atoms with Gasteiger partial charge in [-0.05, 0) is 18.9 Å². The lowest BCUT2D eigenvalue weighted by atomic mass is 10.0. The van der Waals surface area contributed by atoms with Crippen LogP contribution in [-0.4, -0.2) is 18.1 Å². The van der Waals surface area contributed by atoms with Gasteiger partial charge in [-0.25, -0.2) is 9.37 Å². The van der Waals surface area contributed by atoms with Crippen molar-refractivity contribution in [2.24, 2.45) is 5.92 Å². The highest BCUT2D eigenvalue weighted by molar-refractivity contribution is 6.17. The second-order valence-electron chi connectivity index (χ2n) is 4.49. The summed E-state index contributed by atoms with van der Waals surface area (Å²) < 4.78 is 13.2. The molecule has 0 fully saturated rings. The Labute approximate surface area is 114 Å². The molecule has 102 valence electrons. The van der Waals surface area contributed by atoms with Gasteiger partial charge in [0.25, 0.3) is 0 Å². The molecular weight excluding hydrogens is 251 g/mol. The number of alkyl halides is 1. The first-order valence-electron chi connectivity index (χ1n) is 6.61. The first-order chi connectivity index (χ1) is 8.65. The lowest BCUT2D eigenvalue weighted by molar-refractivity contribution is 0.483. The number of aromatic nitrogens is 1. The minimum atomic E-state index is -0.326. The van der Waals surface area contributed by atoms with Crippen LogP contribution in [0.15, 0.2) is 12.3 Å². The Hall–Kier alpha value is -0.830. The Morgan fingerprint density at radius 3 is 2.50 bits per heavy atom. The van der Waals surface area contributed by atoms with Gasteiger partial charge >= 0.3 is 0 Å². The number of pyridine rings is 1. The highest BCUT2D eigenvalue weighted by atomic mass is 35.5. The molecule has 0 aliphatic rings. The van der Waals surface area contributed by atoms with Crippen LogP contribution in [0.4, 0.5) is 10.2 Å². The number of halogens is 2. The molecule has 0 N–H and O–H groups in total. The quantitative estimate of drug-likeness (QED) is 0.691. The summed E-state index contributed by atoms with van der Waals surface area (Å²) in [5, 5.41) is 0. The van der Waals surface area contributed by atoms with Gasteiger partial charge in [-0.2, -0.15) is 0 Å². The third kappa shape index (κ3) is 3.84. The van der Waals surface area contributed by atoms with Crippen LogP contribution in [0.2, 0.25) is 0 Å². The van der Waals surface area contributed by atoms with E-state index in [-0.39, 0.29) is 5.82 Å². The summed E-state index contributed by atoms with van der Waals surface area (Å²) >= 11 is 5.88. The van der Waals surface area contributed by atoms with Crippen LogP contribution < -0.4 is 4.90 Å². The van der Waals surface area contributed by atoms with Gasteiger partial charge in [0.15, 0.2) is 0 Å². The van der Waals surface area contributed by atoms with Gasteiger partial charge in [-0.3, -0.25) is 0 Å². The molecule has 4 heteroatoms. The summed E-state index contributed by atoms with van der Waals surface area (Å²) in [6.45, 7) is 8.29. The van der Waals surface area contributed by atoms with E-state index in [4.69, 9.17) is 11.6 Å². The van der Waals surface area contributed by atoms with E-state index >= 15 is 0 Å². The maximum absolute atomic E-state index is 13.2. The predicted molar refractivity (Wildman–Crippen MR) is 75.7 cm³/mol. The van der Waals surface area contributed by atoms with E-state index < -0.39 is 0 Å². The second-order valence-corrected chi connectivity index (χ2v) is 4.76. The molecule has 0 aliphatic carbocycles. The second kappa shape index (κ2) is 7.57. The molecule has 1 aromatic heterocycles. The topological polar surface area (TPSA) is 16.1 Å². The fourth-order valence-electron chi connectivity index (χ4n) is 2.08. The van der Waals surface area contributed by atoms with E-state index in [0.717, 1.165) is 37.3 Å². The number of hydrogen-bond donors (Lipinski definition) is 0. The van der Waals surface area contributed by atoms with Crippen LogP contribution >= 0.6 is 11.6 Å². The average molecular weight is 273 g/mol. The fourth-order valence-corrected chi connectivity index (χ4v) is 2.28. The molecule has 0 radical (unpaired) electrons. The highest BCUT2D eigenvalue weighted by Gasteiger charge is 2.15. The summed E-state index contributed by atoms with van der Waals surface area (Å²) in [5.74, 6) is 1.42. The molecule has 0 saturated heterocycles. The Balaban J connectivity index is 2.93. The number of anilines is 1. The lowest BCUT2D eigenvalue weighted by Gasteiger charge is -2.27. The van der Waals surface area contributed by atoms with Crippen molar-refractivity contribution >= 4 is 17.4 Å². The van der Waals surface area contributed by atoms with Crippen molar-refractivity contribution in [3.8, 4) is 0 Å². The van der Waals surface area contributed by atoms with Crippen LogP contribution in [-0.2, 0) is 5.88 Å². The van der Waals surface area contributed by atoms with E-state index in [1.54, 1.807) is 0 Å². The number of nitrogens with zero attached hydrogens (tertiary/aromatic N) is 2. The molecule has 0 saturated carbocycles. The van der Waals surface area contributed by atoms with Crippen LogP contribution in [0.3, 0.4) is 0 Å². The van der Waals surface area contributed by atoms with E-state index in [1.807, 2.05) is 0 Å². The predicted octanol–water partition coefficient (Wildman–Crippen LogP) is 4.22. The van der Waals surface area contributed by atoms with Crippen LogP contribution in [0, 0.1) is 11.7 Å². The van der Waals surface area contributed by atoms with Crippen molar-refractivity contribution in [1.82, 2.24) is 4.98 Å². The Bertz CT molecular complexity index is 367. The van der Waals surface area contributed by atoms with Crippen molar-refractivity contribution in [2.45, 2.75) is 39.5 Å². The van der Waals surface area contributed by atoms with Gasteiger partial charge in [0, 0.05) is 18.7 Å². The van der Waals surface area contributed by atoms with Crippen LogP contribution in [0.1, 0.15) is 39.2 Å². The van der Waals surface area contributed by atoms with Gasteiger partial charge in [-0.15, -0.1) is 11.6 Å². The van der Waals surface area contributed by atoms with E-state index in [1.165, 1.54) is 12.3 Å². The summed E-state index contributed by atoms with van der Waals surface area (Å²) in [6, 6.07) is 1.48. The molecule has 0 aliphatic heterocycles. The molecule has 2 nitrogen and oxygen atoms in total. The largest absolute Gasteiger partial charge is 0.356 e. The minimum Gasteiger partial charge on any atom is -0.356 e. The van der Waals surface area contributed by atoms with Crippen molar-refractivity contribution < 1.29 is 4.39 Å². The van der Waals surface area contributed by atoms with Crippen molar-refractivity contribution in [1.29, 1.82) is 0 Å². The van der Waals surface area contributed by atoms with Gasteiger partial charge in [-0.1, -0.05) is 26.7 Å². The highest BCUT2D eigenvalue weighted by Crippen LogP contribution is 2.22. The summed E-state index contributed by atoms with van der Waals surface area (Å²) in [6.07, 6.45) is 3.55. The Kier molecular flexibility index (Phi) is 6.41. The Morgan fingerprint density at radius 2 is 2.00 bits per heavy atom. The van der Waals surface area contributed by atoms with Gasteiger partial charge in [0.1, 0.15) is 11.6 Å². The van der Waals surface area contributed by atoms with Crippen molar-refractivity contribution in [3.05, 3.63) is 23.6 Å². The lowest BCUT2D eigenvalue weighted by Crippen LogP contribution is -2.30. The number of hydrogen-bond acceptors (Lipinski definition) is 2. The van der Waals surface area contributed by atoms with Crippen LogP contribution in [0.25, 0.3) is 0 Å². The molecule has 0 amide bonds. The monoisotopic (exact) mass is 272 g/mol. The minimum absolute atomic E-state index is 0.291. The zero-order chi connectivity index (χ0) is 13.5. The molecule has 18 heavy (non-hydrogen) atoms. The molecule has 0 bridgehead atoms. The molecule has 0 unspecified atom stereocenters. The van der Waals surface area contributed by atoms with Gasteiger partial charge in [0.2, 0.25) is 0 Å². The molecule has 0 aromatic carbocycles. The van der Waals surface area contributed by atoms with E-state index in [2.05, 4.69) is 30.7 Å². The first kappa shape index (κ1) is 15.2. The molecule has 1 heterocycles. The van der Waals surface area contributed by atoms with Gasteiger partial charge in [0.05, 0.1) is 12.1 Å². The van der Waals surface area contributed by atoms with Gasteiger partial charge < -0.3 is 4.90 Å². The van der Waals surface area contributed by atoms with Crippen LogP contribution in [0.5, 0.6) is 0 Å². The summed E-state index contributed by atoms with van der Waals surface area (Å²) in [4.78, 5) is 6.40. The number of rotatable bonds is 7.